The Morgan fingerprint density at radius 3 is 2.33 bits per heavy atom. The molecule has 0 spiro atoms. The van der Waals surface area contributed by atoms with Crippen LogP contribution in [0.3, 0.4) is 0 Å². The molecule has 18 heavy (non-hydrogen) atoms. The van der Waals surface area contributed by atoms with Crippen LogP contribution in [0, 0.1) is 0 Å². The maximum absolute atomic E-state index is 5.68. The van der Waals surface area contributed by atoms with E-state index in [-0.39, 0.29) is 11.5 Å². The summed E-state index contributed by atoms with van der Waals surface area (Å²) in [6.45, 7) is 8.53. The van der Waals surface area contributed by atoms with Crippen LogP contribution < -0.4 is 4.74 Å². The van der Waals surface area contributed by atoms with Gasteiger partial charge in [-0.05, 0) is 44.9 Å². The van der Waals surface area contributed by atoms with Crippen LogP contribution in [0.5, 0.6) is 5.75 Å². The van der Waals surface area contributed by atoms with Gasteiger partial charge in [0.05, 0.1) is 6.10 Å². The fourth-order valence-electron chi connectivity index (χ4n) is 2.22. The van der Waals surface area contributed by atoms with Gasteiger partial charge in [-0.2, -0.15) is 0 Å². The molecule has 1 aliphatic rings. The molecule has 0 bridgehead atoms. The van der Waals surface area contributed by atoms with Crippen molar-refractivity contribution in [1.82, 2.24) is 0 Å². The van der Waals surface area contributed by atoms with Gasteiger partial charge in [0.15, 0.2) is 0 Å². The lowest BCUT2D eigenvalue weighted by Gasteiger charge is -2.28. The first-order valence-corrected chi connectivity index (χ1v) is 6.63. The summed E-state index contributed by atoms with van der Waals surface area (Å²) in [5.74, 6) is 0.948. The molecule has 0 amide bonds. The Labute approximate surface area is 110 Å². The molecule has 0 aromatic heterocycles. The number of hydrogen-bond donors (Lipinski definition) is 0. The van der Waals surface area contributed by atoms with E-state index >= 15 is 0 Å². The maximum Gasteiger partial charge on any atom is 0.119 e. The summed E-state index contributed by atoms with van der Waals surface area (Å²) >= 11 is 0. The van der Waals surface area contributed by atoms with E-state index in [4.69, 9.17) is 4.74 Å². The Balaban J connectivity index is 2.17. The second-order valence-electron chi connectivity index (χ2n) is 5.59. The molecule has 1 atom stereocenters. The number of benzene rings is 1. The first-order chi connectivity index (χ1) is 8.49. The topological polar surface area (TPSA) is 9.23 Å². The van der Waals surface area contributed by atoms with E-state index in [1.165, 1.54) is 11.1 Å². The minimum absolute atomic E-state index is 0.121. The summed E-state index contributed by atoms with van der Waals surface area (Å²) < 4.78 is 5.68. The van der Waals surface area contributed by atoms with Crippen molar-refractivity contribution in [2.75, 3.05) is 0 Å². The first kappa shape index (κ1) is 12.9. The van der Waals surface area contributed by atoms with Crippen LogP contribution in [-0.2, 0) is 5.41 Å². The molecule has 0 saturated heterocycles. The van der Waals surface area contributed by atoms with E-state index in [2.05, 4.69) is 56.3 Å². The van der Waals surface area contributed by atoms with Gasteiger partial charge in [0.2, 0.25) is 0 Å². The van der Waals surface area contributed by atoms with Crippen molar-refractivity contribution in [2.45, 2.75) is 45.6 Å². The van der Waals surface area contributed by atoms with Gasteiger partial charge in [-0.3, -0.25) is 0 Å². The third kappa shape index (κ3) is 2.84. The quantitative estimate of drug-likeness (QED) is 0.750. The van der Waals surface area contributed by atoms with E-state index in [1.54, 1.807) is 0 Å². The highest BCUT2D eigenvalue weighted by atomic mass is 16.5. The zero-order valence-corrected chi connectivity index (χ0v) is 11.7. The SMILES string of the molecule is CC1=CCC(C)(c2ccc(OC(C)C)cc2)C=C1. The van der Waals surface area contributed by atoms with Crippen LogP contribution in [0.25, 0.3) is 0 Å². The van der Waals surface area contributed by atoms with Crippen molar-refractivity contribution in [3.63, 3.8) is 0 Å². The van der Waals surface area contributed by atoms with E-state index in [0.717, 1.165) is 12.2 Å². The van der Waals surface area contributed by atoms with E-state index < -0.39 is 0 Å². The number of hydrogen-bond acceptors (Lipinski definition) is 1. The standard InChI is InChI=1S/C17H22O/c1-13(2)18-16-7-5-15(6-8-16)17(4)11-9-14(3)10-12-17/h5-11,13H,12H2,1-4H3. The van der Waals surface area contributed by atoms with Gasteiger partial charge in [0.1, 0.15) is 5.75 Å². The molecule has 0 saturated carbocycles. The fourth-order valence-corrected chi connectivity index (χ4v) is 2.22. The molecule has 0 fully saturated rings. The zero-order chi connectivity index (χ0) is 13.2. The van der Waals surface area contributed by atoms with Crippen LogP contribution >= 0.6 is 0 Å². The lowest BCUT2D eigenvalue weighted by Crippen LogP contribution is -2.20. The van der Waals surface area contributed by atoms with Crippen molar-refractivity contribution in [3.8, 4) is 5.75 Å². The number of allylic oxidation sites excluding steroid dienone is 4. The molecule has 0 N–H and O–H groups in total. The van der Waals surface area contributed by atoms with Crippen LogP contribution in [0.1, 0.15) is 39.7 Å². The maximum atomic E-state index is 5.68. The van der Waals surface area contributed by atoms with Gasteiger partial charge in [0.25, 0.3) is 0 Å². The normalized spacial score (nSPS) is 23.1. The summed E-state index contributed by atoms with van der Waals surface area (Å²) in [6, 6.07) is 8.49. The van der Waals surface area contributed by atoms with Crippen molar-refractivity contribution in [1.29, 1.82) is 0 Å². The van der Waals surface area contributed by atoms with Crippen molar-refractivity contribution >= 4 is 0 Å². The fraction of sp³-hybridized carbons (Fsp3) is 0.412. The Hall–Kier alpha value is -1.50. The molecule has 2 rings (SSSR count). The molecular formula is C17H22O. The van der Waals surface area contributed by atoms with Crippen molar-refractivity contribution < 1.29 is 4.74 Å². The highest BCUT2D eigenvalue weighted by Gasteiger charge is 2.24. The Bertz CT molecular complexity index is 465. The molecule has 1 unspecified atom stereocenters. The van der Waals surface area contributed by atoms with E-state index in [0.29, 0.717) is 0 Å². The van der Waals surface area contributed by atoms with E-state index in [9.17, 15) is 0 Å². The summed E-state index contributed by atoms with van der Waals surface area (Å²) in [4.78, 5) is 0. The molecule has 96 valence electrons. The lowest BCUT2D eigenvalue weighted by molar-refractivity contribution is 0.242. The third-order valence-electron chi connectivity index (χ3n) is 3.45. The average Bonchev–Trinajstić information content (AvgIpc) is 2.33. The van der Waals surface area contributed by atoms with Gasteiger partial charge in [-0.1, -0.05) is 42.9 Å². The summed E-state index contributed by atoms with van der Waals surface area (Å²) in [6.07, 6.45) is 8.12. The average molecular weight is 242 g/mol. The molecule has 1 heteroatoms. The molecule has 0 aliphatic heterocycles. The van der Waals surface area contributed by atoms with Gasteiger partial charge in [-0.25, -0.2) is 0 Å². The minimum Gasteiger partial charge on any atom is -0.491 e. The summed E-state index contributed by atoms with van der Waals surface area (Å²) in [7, 11) is 0. The Morgan fingerprint density at radius 2 is 1.83 bits per heavy atom. The van der Waals surface area contributed by atoms with Crippen molar-refractivity contribution in [2.24, 2.45) is 0 Å². The monoisotopic (exact) mass is 242 g/mol. The lowest BCUT2D eigenvalue weighted by atomic mass is 9.76. The highest BCUT2D eigenvalue weighted by Crippen LogP contribution is 2.34. The van der Waals surface area contributed by atoms with Gasteiger partial charge in [-0.15, -0.1) is 0 Å². The predicted octanol–water partition coefficient (Wildman–Crippen LogP) is 4.64. The number of ether oxygens (including phenoxy) is 1. The molecule has 1 nitrogen and oxygen atoms in total. The second-order valence-corrected chi connectivity index (χ2v) is 5.59. The van der Waals surface area contributed by atoms with Gasteiger partial charge in [0, 0.05) is 5.41 Å². The molecule has 1 aromatic rings. The number of rotatable bonds is 3. The zero-order valence-electron chi connectivity index (χ0n) is 11.7. The predicted molar refractivity (Wildman–Crippen MR) is 77.1 cm³/mol. The smallest absolute Gasteiger partial charge is 0.119 e. The van der Waals surface area contributed by atoms with E-state index in [1.807, 2.05) is 13.8 Å². The first-order valence-electron chi connectivity index (χ1n) is 6.63. The second kappa shape index (κ2) is 5.01. The minimum atomic E-state index is 0.121. The molecule has 1 aromatic carbocycles. The van der Waals surface area contributed by atoms with Crippen LogP contribution in [-0.4, -0.2) is 6.10 Å². The van der Waals surface area contributed by atoms with Crippen LogP contribution in [0.4, 0.5) is 0 Å². The molecular weight excluding hydrogens is 220 g/mol. The van der Waals surface area contributed by atoms with Crippen molar-refractivity contribution in [3.05, 3.63) is 53.6 Å². The van der Waals surface area contributed by atoms with Crippen LogP contribution in [0.2, 0.25) is 0 Å². The Morgan fingerprint density at radius 1 is 1.17 bits per heavy atom. The molecule has 1 aliphatic carbocycles. The third-order valence-corrected chi connectivity index (χ3v) is 3.45. The van der Waals surface area contributed by atoms with Gasteiger partial charge < -0.3 is 4.74 Å². The summed E-state index contributed by atoms with van der Waals surface area (Å²) in [5.41, 5.74) is 2.82. The summed E-state index contributed by atoms with van der Waals surface area (Å²) in [5, 5.41) is 0. The highest BCUT2D eigenvalue weighted by molar-refractivity contribution is 5.39. The van der Waals surface area contributed by atoms with Gasteiger partial charge >= 0.3 is 0 Å². The largest absolute Gasteiger partial charge is 0.491 e. The Kier molecular flexibility index (Phi) is 3.60. The van der Waals surface area contributed by atoms with Crippen LogP contribution in [0.15, 0.2) is 48.1 Å². The molecule has 0 heterocycles. The molecule has 0 radical (unpaired) electrons.